The number of anilines is 1. The van der Waals surface area contributed by atoms with Crippen LogP contribution >= 0.6 is 11.6 Å². The number of ketones is 1. The predicted molar refractivity (Wildman–Crippen MR) is 122 cm³/mol. The lowest BCUT2D eigenvalue weighted by molar-refractivity contribution is -0.384. The third-order valence-corrected chi connectivity index (χ3v) is 6.88. The number of carbonyl (C=O) groups excluding carboxylic acids is 2. The molecule has 0 radical (unpaired) electrons. The predicted octanol–water partition coefficient (Wildman–Crippen LogP) is 4.02. The second kappa shape index (κ2) is 7.75. The SMILES string of the molecule is CN1C[C@H](c2ccc([N+](=O)[O-])cc2)[C@H](C(=O)c2ccccn2)[C@]12C(=O)Nc1ccc(Cl)cc12. The Labute approximate surface area is 194 Å². The first-order chi connectivity index (χ1) is 15.8. The number of benzene rings is 2. The van der Waals surface area contributed by atoms with Crippen LogP contribution in [0.2, 0.25) is 5.02 Å². The van der Waals surface area contributed by atoms with Crippen LogP contribution in [0.5, 0.6) is 0 Å². The van der Waals surface area contributed by atoms with Gasteiger partial charge in [0, 0.05) is 47.1 Å². The Morgan fingerprint density at radius 3 is 2.64 bits per heavy atom. The van der Waals surface area contributed by atoms with E-state index in [9.17, 15) is 19.7 Å². The molecule has 9 heteroatoms. The zero-order chi connectivity index (χ0) is 23.3. The number of non-ortho nitro benzene ring substituents is 1. The van der Waals surface area contributed by atoms with Gasteiger partial charge in [-0.15, -0.1) is 0 Å². The standard InChI is InChI=1S/C24H19ClN4O4/c1-28-13-17(14-5-8-16(9-6-14)29(32)33)21(22(30)20-4-2-3-11-26-20)24(28)18-12-15(25)7-10-19(18)27-23(24)31/h2-12,17,21H,13H2,1H3,(H,27,31)/t17-,21-,24-/m1/s1. The molecule has 5 rings (SSSR count). The number of nitrogens with zero attached hydrogens (tertiary/aromatic N) is 3. The van der Waals surface area contributed by atoms with E-state index in [1.54, 1.807) is 61.8 Å². The van der Waals surface area contributed by atoms with Gasteiger partial charge in [-0.1, -0.05) is 29.8 Å². The lowest BCUT2D eigenvalue weighted by atomic mass is 9.71. The number of fused-ring (bicyclic) bond motifs is 2. The molecule has 1 aromatic heterocycles. The number of hydrogen-bond acceptors (Lipinski definition) is 6. The van der Waals surface area contributed by atoms with Gasteiger partial charge in [0.05, 0.1) is 10.8 Å². The monoisotopic (exact) mass is 462 g/mol. The Hall–Kier alpha value is -3.62. The van der Waals surface area contributed by atoms with Gasteiger partial charge in [0.2, 0.25) is 5.91 Å². The molecule has 2 aromatic carbocycles. The van der Waals surface area contributed by atoms with Crippen molar-refractivity contribution in [2.45, 2.75) is 11.5 Å². The molecule has 0 unspecified atom stereocenters. The zero-order valence-electron chi connectivity index (χ0n) is 17.6. The van der Waals surface area contributed by atoms with Crippen LogP contribution in [-0.2, 0) is 10.3 Å². The lowest BCUT2D eigenvalue weighted by Crippen LogP contribution is -2.51. The minimum Gasteiger partial charge on any atom is -0.324 e. The minimum absolute atomic E-state index is 0.0387. The van der Waals surface area contributed by atoms with E-state index in [-0.39, 0.29) is 23.1 Å². The second-order valence-corrected chi connectivity index (χ2v) is 8.74. The summed E-state index contributed by atoms with van der Waals surface area (Å²) in [5.41, 5.74) is 0.916. The normalized spacial score (nSPS) is 24.0. The van der Waals surface area contributed by atoms with E-state index < -0.39 is 22.3 Å². The first kappa shape index (κ1) is 21.2. The number of carbonyl (C=O) groups is 2. The molecule has 0 bridgehead atoms. The second-order valence-electron chi connectivity index (χ2n) is 8.30. The molecule has 166 valence electrons. The Bertz CT molecular complexity index is 1280. The van der Waals surface area contributed by atoms with Crippen LogP contribution < -0.4 is 5.32 Å². The van der Waals surface area contributed by atoms with Crippen molar-refractivity contribution < 1.29 is 14.5 Å². The van der Waals surface area contributed by atoms with Crippen molar-refractivity contribution in [3.8, 4) is 0 Å². The van der Waals surface area contributed by atoms with Gasteiger partial charge in [0.25, 0.3) is 5.69 Å². The molecule has 1 fully saturated rings. The molecule has 1 N–H and O–H groups in total. The van der Waals surface area contributed by atoms with Crippen LogP contribution in [0, 0.1) is 16.0 Å². The molecule has 0 saturated carbocycles. The van der Waals surface area contributed by atoms with Crippen molar-refractivity contribution in [1.29, 1.82) is 0 Å². The number of pyridine rings is 1. The maximum Gasteiger partial charge on any atom is 0.269 e. The van der Waals surface area contributed by atoms with E-state index in [0.29, 0.717) is 22.8 Å². The molecule has 3 heterocycles. The maximum absolute atomic E-state index is 13.9. The molecule has 1 spiro atoms. The van der Waals surface area contributed by atoms with Crippen molar-refractivity contribution >= 4 is 34.7 Å². The van der Waals surface area contributed by atoms with Crippen LogP contribution in [0.15, 0.2) is 66.9 Å². The average Bonchev–Trinajstić information content (AvgIpc) is 3.29. The lowest BCUT2D eigenvalue weighted by Gasteiger charge is -2.35. The van der Waals surface area contributed by atoms with Gasteiger partial charge in [0.1, 0.15) is 11.2 Å². The maximum atomic E-state index is 13.9. The molecule has 3 atom stereocenters. The van der Waals surface area contributed by atoms with Crippen molar-refractivity contribution in [1.82, 2.24) is 9.88 Å². The fourth-order valence-electron chi connectivity index (χ4n) is 5.22. The Kier molecular flexibility index (Phi) is 4.99. The molecule has 1 saturated heterocycles. The number of aromatic nitrogens is 1. The number of rotatable bonds is 4. The van der Waals surface area contributed by atoms with E-state index >= 15 is 0 Å². The van der Waals surface area contributed by atoms with E-state index in [2.05, 4.69) is 10.3 Å². The Morgan fingerprint density at radius 1 is 1.21 bits per heavy atom. The third-order valence-electron chi connectivity index (χ3n) is 6.64. The highest BCUT2D eigenvalue weighted by atomic mass is 35.5. The van der Waals surface area contributed by atoms with Gasteiger partial charge >= 0.3 is 0 Å². The number of likely N-dealkylation sites (N-methyl/N-ethyl adjacent to an activating group) is 1. The molecule has 2 aliphatic heterocycles. The number of likely N-dealkylation sites (tertiary alicyclic amines) is 1. The van der Waals surface area contributed by atoms with Crippen molar-refractivity contribution in [2.75, 3.05) is 18.9 Å². The third kappa shape index (κ3) is 3.13. The van der Waals surface area contributed by atoms with E-state index in [0.717, 1.165) is 5.56 Å². The average molecular weight is 463 g/mol. The summed E-state index contributed by atoms with van der Waals surface area (Å²) in [7, 11) is 1.81. The number of amides is 1. The largest absolute Gasteiger partial charge is 0.324 e. The van der Waals surface area contributed by atoms with Crippen molar-refractivity contribution in [2.24, 2.45) is 5.92 Å². The first-order valence-electron chi connectivity index (χ1n) is 10.4. The highest BCUT2D eigenvalue weighted by Gasteiger charge is 2.64. The quantitative estimate of drug-likeness (QED) is 0.356. The number of Topliss-reactive ketones (excluding diaryl/α,β-unsaturated/α-hetero) is 1. The summed E-state index contributed by atoms with van der Waals surface area (Å²) in [5.74, 6) is -1.80. The van der Waals surface area contributed by atoms with Crippen LogP contribution in [0.1, 0.15) is 27.5 Å². The fraction of sp³-hybridized carbons (Fsp3) is 0.208. The van der Waals surface area contributed by atoms with Crippen molar-refractivity contribution in [3.63, 3.8) is 0 Å². The summed E-state index contributed by atoms with van der Waals surface area (Å²) < 4.78 is 0. The van der Waals surface area contributed by atoms with Gasteiger partial charge in [0.15, 0.2) is 5.78 Å². The summed E-state index contributed by atoms with van der Waals surface area (Å²) in [4.78, 5) is 44.3. The van der Waals surface area contributed by atoms with Gasteiger partial charge in [-0.25, -0.2) is 0 Å². The Balaban J connectivity index is 1.71. The summed E-state index contributed by atoms with van der Waals surface area (Å²) in [6.45, 7) is 0.389. The summed E-state index contributed by atoms with van der Waals surface area (Å²) in [5, 5.41) is 14.5. The minimum atomic E-state index is -1.29. The highest BCUT2D eigenvalue weighted by molar-refractivity contribution is 6.31. The number of halogens is 1. The van der Waals surface area contributed by atoms with Gasteiger partial charge in [-0.2, -0.15) is 0 Å². The van der Waals surface area contributed by atoms with E-state index in [1.165, 1.54) is 12.1 Å². The number of nitro benzene ring substituents is 1. The zero-order valence-corrected chi connectivity index (χ0v) is 18.3. The summed E-state index contributed by atoms with van der Waals surface area (Å²) in [6, 6.07) is 16.4. The summed E-state index contributed by atoms with van der Waals surface area (Å²) in [6.07, 6.45) is 1.54. The van der Waals surface area contributed by atoms with E-state index in [1.807, 2.05) is 4.90 Å². The van der Waals surface area contributed by atoms with Crippen molar-refractivity contribution in [3.05, 3.63) is 98.8 Å². The molecule has 33 heavy (non-hydrogen) atoms. The summed E-state index contributed by atoms with van der Waals surface area (Å²) >= 11 is 6.31. The van der Waals surface area contributed by atoms with Gasteiger partial charge < -0.3 is 5.32 Å². The van der Waals surface area contributed by atoms with Crippen LogP contribution in [0.4, 0.5) is 11.4 Å². The topological polar surface area (TPSA) is 105 Å². The number of nitrogens with one attached hydrogen (secondary N) is 1. The molecular weight excluding hydrogens is 444 g/mol. The van der Waals surface area contributed by atoms with Crippen LogP contribution in [-0.4, -0.2) is 40.1 Å². The highest BCUT2D eigenvalue weighted by Crippen LogP contribution is 2.55. The number of nitro groups is 1. The van der Waals surface area contributed by atoms with Gasteiger partial charge in [-0.05, 0) is 42.9 Å². The first-order valence-corrected chi connectivity index (χ1v) is 10.7. The smallest absolute Gasteiger partial charge is 0.269 e. The number of hydrogen-bond donors (Lipinski definition) is 1. The molecule has 2 aliphatic rings. The van der Waals surface area contributed by atoms with Crippen LogP contribution in [0.25, 0.3) is 0 Å². The fourth-order valence-corrected chi connectivity index (χ4v) is 5.39. The molecule has 8 nitrogen and oxygen atoms in total. The molecular formula is C24H19ClN4O4. The van der Waals surface area contributed by atoms with Crippen LogP contribution in [0.3, 0.4) is 0 Å². The molecule has 0 aliphatic carbocycles. The Morgan fingerprint density at radius 2 is 1.97 bits per heavy atom. The van der Waals surface area contributed by atoms with E-state index in [4.69, 9.17) is 11.6 Å². The van der Waals surface area contributed by atoms with Gasteiger partial charge in [-0.3, -0.25) is 29.6 Å². The molecule has 3 aromatic rings. The molecule has 1 amide bonds.